The van der Waals surface area contributed by atoms with Gasteiger partial charge in [-0.15, -0.1) is 0 Å². The zero-order valence-corrected chi connectivity index (χ0v) is 23.7. The molecule has 1 amide bonds. The number of nitrogens with zero attached hydrogens (tertiary/aromatic N) is 1. The Hall–Kier alpha value is -1.69. The summed E-state index contributed by atoms with van der Waals surface area (Å²) in [6.07, 6.45) is 1.05. The van der Waals surface area contributed by atoms with Crippen LogP contribution in [-0.2, 0) is 23.2 Å². The molecule has 0 bridgehead atoms. The van der Waals surface area contributed by atoms with Gasteiger partial charge < -0.3 is 19.2 Å². The third-order valence-corrected chi connectivity index (χ3v) is 9.03. The van der Waals surface area contributed by atoms with Crippen molar-refractivity contribution in [2.45, 2.75) is 74.2 Å². The summed E-state index contributed by atoms with van der Waals surface area (Å²) in [5.41, 5.74) is 0.886. The third-order valence-electron chi connectivity index (χ3n) is 7.82. The smallest absolute Gasteiger partial charge is 0.438 e. The standard InChI is InChI=1S/C27H34BFINO5/c1-24(2)25(3,4)36-28(35-24)21-11-7-19(8-12-21)26(5,30)31-17-16-27(15-6-18-32,34-23(31)33)20-9-13-22(29)14-10-20/h7-14,32H,6,15-18H2,1-5H3/t26-,27?/m1/s1. The van der Waals surface area contributed by atoms with E-state index in [1.165, 1.54) is 12.1 Å². The highest BCUT2D eigenvalue weighted by Crippen LogP contribution is 2.44. The van der Waals surface area contributed by atoms with Crippen LogP contribution in [0.15, 0.2) is 48.5 Å². The summed E-state index contributed by atoms with van der Waals surface area (Å²) in [5.74, 6) is -0.344. The Morgan fingerprint density at radius 2 is 1.64 bits per heavy atom. The second-order valence-corrected chi connectivity index (χ2v) is 12.9. The fraction of sp³-hybridized carbons (Fsp3) is 0.519. The monoisotopic (exact) mass is 609 g/mol. The van der Waals surface area contributed by atoms with Crippen molar-refractivity contribution in [3.8, 4) is 0 Å². The lowest BCUT2D eigenvalue weighted by molar-refractivity contribution is -0.0698. The molecule has 0 radical (unpaired) electrons. The molecule has 2 aliphatic heterocycles. The van der Waals surface area contributed by atoms with Gasteiger partial charge in [-0.25, -0.2) is 9.18 Å². The lowest BCUT2D eigenvalue weighted by Gasteiger charge is -2.46. The van der Waals surface area contributed by atoms with Gasteiger partial charge in [0.2, 0.25) is 0 Å². The zero-order chi connectivity index (χ0) is 26.4. The zero-order valence-electron chi connectivity index (χ0n) is 21.5. The van der Waals surface area contributed by atoms with Crippen molar-refractivity contribution in [3.05, 3.63) is 65.5 Å². The molecule has 0 aliphatic carbocycles. The molecule has 2 saturated heterocycles. The normalized spacial score (nSPS) is 24.9. The molecule has 9 heteroatoms. The number of hydrogen-bond donors (Lipinski definition) is 1. The minimum Gasteiger partial charge on any atom is -0.438 e. The van der Waals surface area contributed by atoms with Crippen LogP contribution in [0.4, 0.5) is 9.18 Å². The average molecular weight is 609 g/mol. The van der Waals surface area contributed by atoms with Gasteiger partial charge in [-0.2, -0.15) is 0 Å². The molecule has 2 aliphatic rings. The third kappa shape index (κ3) is 5.04. The summed E-state index contributed by atoms with van der Waals surface area (Å²) in [4.78, 5) is 15.1. The summed E-state index contributed by atoms with van der Waals surface area (Å²) in [7, 11) is -0.452. The summed E-state index contributed by atoms with van der Waals surface area (Å²) >= 11 is 2.28. The number of halogens is 2. The van der Waals surface area contributed by atoms with Crippen molar-refractivity contribution >= 4 is 41.3 Å². The van der Waals surface area contributed by atoms with Crippen molar-refractivity contribution in [3.63, 3.8) is 0 Å². The van der Waals surface area contributed by atoms with E-state index in [1.807, 2.05) is 58.9 Å². The summed E-state index contributed by atoms with van der Waals surface area (Å²) in [5, 5.41) is 9.43. The maximum absolute atomic E-state index is 13.5. The highest BCUT2D eigenvalue weighted by Gasteiger charge is 2.52. The second kappa shape index (κ2) is 9.89. The van der Waals surface area contributed by atoms with E-state index in [0.717, 1.165) is 16.6 Å². The number of carbonyl (C=O) groups is 1. The largest absolute Gasteiger partial charge is 0.494 e. The molecule has 2 aromatic carbocycles. The quantitative estimate of drug-likeness (QED) is 0.201. The Morgan fingerprint density at radius 3 is 2.17 bits per heavy atom. The van der Waals surface area contributed by atoms with Crippen molar-refractivity contribution in [1.29, 1.82) is 0 Å². The van der Waals surface area contributed by atoms with Crippen LogP contribution in [0, 0.1) is 5.82 Å². The number of alkyl halides is 1. The van der Waals surface area contributed by atoms with Gasteiger partial charge in [-0.1, -0.05) is 36.4 Å². The predicted octanol–water partition coefficient (Wildman–Crippen LogP) is 5.24. The Labute approximate surface area is 226 Å². The molecule has 2 atom stereocenters. The van der Waals surface area contributed by atoms with Crippen molar-refractivity contribution in [2.24, 2.45) is 0 Å². The predicted molar refractivity (Wildman–Crippen MR) is 146 cm³/mol. The van der Waals surface area contributed by atoms with Gasteiger partial charge in [0.25, 0.3) is 0 Å². The second-order valence-electron chi connectivity index (χ2n) is 10.8. The van der Waals surface area contributed by atoms with E-state index in [4.69, 9.17) is 14.0 Å². The minimum atomic E-state index is -0.892. The lowest BCUT2D eigenvalue weighted by Crippen LogP contribution is -2.53. The Kier molecular flexibility index (Phi) is 7.51. The van der Waals surface area contributed by atoms with Crippen molar-refractivity contribution in [1.82, 2.24) is 4.90 Å². The molecule has 2 heterocycles. The Balaban J connectivity index is 1.52. The number of aliphatic hydroxyl groups is 1. The number of benzene rings is 2. The van der Waals surface area contributed by atoms with Crippen LogP contribution in [0.5, 0.6) is 0 Å². The number of carbonyl (C=O) groups excluding carboxylic acids is 1. The van der Waals surface area contributed by atoms with Crippen LogP contribution >= 0.6 is 22.6 Å². The highest BCUT2D eigenvalue weighted by molar-refractivity contribution is 14.1. The molecule has 2 fully saturated rings. The fourth-order valence-corrected chi connectivity index (χ4v) is 5.56. The first-order chi connectivity index (χ1) is 16.8. The van der Waals surface area contributed by atoms with E-state index in [-0.39, 0.29) is 12.4 Å². The summed E-state index contributed by atoms with van der Waals surface area (Å²) in [6.45, 7) is 10.5. The summed E-state index contributed by atoms with van der Waals surface area (Å²) in [6, 6.07) is 14.0. The molecular weight excluding hydrogens is 575 g/mol. The molecule has 36 heavy (non-hydrogen) atoms. The van der Waals surface area contributed by atoms with Crippen molar-refractivity contribution < 1.29 is 28.3 Å². The van der Waals surface area contributed by atoms with Crippen LogP contribution in [-0.4, -0.2) is 47.6 Å². The van der Waals surface area contributed by atoms with Gasteiger partial charge in [-0.3, -0.25) is 4.90 Å². The van der Waals surface area contributed by atoms with Gasteiger partial charge in [0.1, 0.15) is 15.0 Å². The SMILES string of the molecule is CC1(C)OB(c2ccc([C@](C)(I)N3CCC(CCCO)(c4ccc(F)cc4)OC3=O)cc2)OC1(C)C. The summed E-state index contributed by atoms with van der Waals surface area (Å²) < 4.78 is 31.3. The van der Waals surface area contributed by atoms with Crippen LogP contribution in [0.25, 0.3) is 0 Å². The van der Waals surface area contributed by atoms with Crippen LogP contribution in [0.2, 0.25) is 0 Å². The molecule has 2 aromatic rings. The number of rotatable bonds is 7. The van der Waals surface area contributed by atoms with Gasteiger partial charge in [0.15, 0.2) is 0 Å². The minimum absolute atomic E-state index is 0.0106. The molecule has 6 nitrogen and oxygen atoms in total. The average Bonchev–Trinajstić information content (AvgIpc) is 3.04. The molecule has 1 N–H and O–H groups in total. The number of hydrogen-bond acceptors (Lipinski definition) is 5. The van der Waals surface area contributed by atoms with Crippen LogP contribution < -0.4 is 5.46 Å². The fourth-order valence-electron chi connectivity index (χ4n) is 4.76. The molecular formula is C27H34BFINO5. The van der Waals surface area contributed by atoms with E-state index < -0.39 is 33.6 Å². The highest BCUT2D eigenvalue weighted by atomic mass is 127. The number of amides is 1. The maximum Gasteiger partial charge on any atom is 0.494 e. The molecule has 0 saturated carbocycles. The van der Waals surface area contributed by atoms with Gasteiger partial charge in [0.05, 0.1) is 11.2 Å². The van der Waals surface area contributed by atoms with Crippen LogP contribution in [0.3, 0.4) is 0 Å². The van der Waals surface area contributed by atoms with E-state index >= 15 is 0 Å². The maximum atomic E-state index is 13.5. The molecule has 4 rings (SSSR count). The molecule has 194 valence electrons. The first-order valence-corrected chi connectivity index (χ1v) is 13.4. The van der Waals surface area contributed by atoms with Gasteiger partial charge >= 0.3 is 13.2 Å². The number of cyclic esters (lactones) is 1. The molecule has 1 unspecified atom stereocenters. The Bertz CT molecular complexity index is 1080. The van der Waals surface area contributed by atoms with Crippen molar-refractivity contribution in [2.75, 3.05) is 13.2 Å². The van der Waals surface area contributed by atoms with E-state index in [2.05, 4.69) is 22.6 Å². The Morgan fingerprint density at radius 1 is 1.06 bits per heavy atom. The molecule has 0 aromatic heterocycles. The topological polar surface area (TPSA) is 68.2 Å². The van der Waals surface area contributed by atoms with Crippen LogP contribution in [0.1, 0.15) is 65.0 Å². The van der Waals surface area contributed by atoms with Gasteiger partial charge in [0, 0.05) is 19.6 Å². The van der Waals surface area contributed by atoms with E-state index in [9.17, 15) is 14.3 Å². The van der Waals surface area contributed by atoms with E-state index in [1.54, 1.807) is 17.0 Å². The first kappa shape index (κ1) is 27.4. The lowest BCUT2D eigenvalue weighted by atomic mass is 9.78. The number of aliphatic hydroxyl groups excluding tert-OH is 1. The first-order valence-electron chi connectivity index (χ1n) is 12.3. The van der Waals surface area contributed by atoms with E-state index in [0.29, 0.717) is 25.8 Å². The molecule has 0 spiro atoms. The number of ether oxygens (including phenoxy) is 1. The van der Waals surface area contributed by atoms with Gasteiger partial charge in [-0.05, 0) is 98.8 Å².